The second-order valence-electron chi connectivity index (χ2n) is 5.04. The minimum absolute atomic E-state index is 0.149. The molecule has 0 saturated carbocycles. The molecular weight excluding hydrogens is 422 g/mol. The van der Waals surface area contributed by atoms with E-state index in [1.165, 1.54) is 28.8 Å². The summed E-state index contributed by atoms with van der Waals surface area (Å²) < 4.78 is 21.1. The highest BCUT2D eigenvalue weighted by molar-refractivity contribution is 7.20. The van der Waals surface area contributed by atoms with Crippen LogP contribution in [0.3, 0.4) is 0 Å². The number of nitrogens with zero attached hydrogens (tertiary/aromatic N) is 2. The number of esters is 1. The van der Waals surface area contributed by atoms with Gasteiger partial charge in [0.25, 0.3) is 5.91 Å². The van der Waals surface area contributed by atoms with Gasteiger partial charge in [-0.25, -0.2) is 4.39 Å². The maximum absolute atomic E-state index is 13.5. The van der Waals surface area contributed by atoms with Crippen LogP contribution in [0.25, 0.3) is 10.2 Å². The van der Waals surface area contributed by atoms with Gasteiger partial charge in [0.2, 0.25) is 0 Å². The smallest absolute Gasteiger partial charge is 0.326 e. The van der Waals surface area contributed by atoms with E-state index in [0.717, 1.165) is 22.7 Å². The third kappa shape index (κ3) is 3.98. The van der Waals surface area contributed by atoms with Gasteiger partial charge in [-0.05, 0) is 31.2 Å². The number of aromatic nitrogens is 1. The van der Waals surface area contributed by atoms with E-state index in [0.29, 0.717) is 14.6 Å². The van der Waals surface area contributed by atoms with E-state index < -0.39 is 17.7 Å². The van der Waals surface area contributed by atoms with Crippen LogP contribution in [0.1, 0.15) is 17.3 Å². The van der Waals surface area contributed by atoms with Crippen LogP contribution >= 0.6 is 45.9 Å². The van der Waals surface area contributed by atoms with Crippen LogP contribution in [-0.4, -0.2) is 23.1 Å². The highest BCUT2D eigenvalue weighted by Crippen LogP contribution is 2.31. The zero-order valence-electron chi connectivity index (χ0n) is 13.3. The van der Waals surface area contributed by atoms with Crippen molar-refractivity contribution in [1.82, 2.24) is 4.57 Å². The van der Waals surface area contributed by atoms with Crippen molar-refractivity contribution in [2.24, 2.45) is 4.99 Å². The fraction of sp³-hybridized carbons (Fsp3) is 0.188. The summed E-state index contributed by atoms with van der Waals surface area (Å²) in [7, 11) is 0. The van der Waals surface area contributed by atoms with Crippen molar-refractivity contribution in [2.75, 3.05) is 6.61 Å². The lowest BCUT2D eigenvalue weighted by Gasteiger charge is -2.05. The Balaban J connectivity index is 2.12. The lowest BCUT2D eigenvalue weighted by Crippen LogP contribution is -2.23. The van der Waals surface area contributed by atoms with E-state index >= 15 is 0 Å². The van der Waals surface area contributed by atoms with Gasteiger partial charge < -0.3 is 9.30 Å². The predicted octanol–water partition coefficient (Wildman–Crippen LogP) is 4.51. The van der Waals surface area contributed by atoms with Crippen molar-refractivity contribution in [3.63, 3.8) is 0 Å². The fourth-order valence-corrected chi connectivity index (χ4v) is 4.75. The van der Waals surface area contributed by atoms with Crippen LogP contribution in [-0.2, 0) is 16.1 Å². The topological polar surface area (TPSA) is 60.7 Å². The van der Waals surface area contributed by atoms with Crippen LogP contribution in [0.2, 0.25) is 8.67 Å². The lowest BCUT2D eigenvalue weighted by atomic mass is 10.3. The van der Waals surface area contributed by atoms with E-state index in [1.807, 2.05) is 0 Å². The number of rotatable bonds is 4. The van der Waals surface area contributed by atoms with Crippen molar-refractivity contribution in [3.8, 4) is 0 Å². The number of fused-ring (bicyclic) bond motifs is 1. The van der Waals surface area contributed by atoms with Gasteiger partial charge >= 0.3 is 5.97 Å². The molecule has 136 valence electrons. The number of amides is 1. The molecule has 0 saturated heterocycles. The van der Waals surface area contributed by atoms with Crippen molar-refractivity contribution in [1.29, 1.82) is 0 Å². The number of hydrogen-bond acceptors (Lipinski definition) is 5. The molecular formula is C16H11Cl2FN2O3S2. The molecule has 26 heavy (non-hydrogen) atoms. The summed E-state index contributed by atoms with van der Waals surface area (Å²) in [6.45, 7) is 1.77. The molecule has 0 fully saturated rings. The lowest BCUT2D eigenvalue weighted by molar-refractivity contribution is -0.143. The third-order valence-electron chi connectivity index (χ3n) is 3.32. The largest absolute Gasteiger partial charge is 0.465 e. The van der Waals surface area contributed by atoms with Gasteiger partial charge in [-0.15, -0.1) is 11.3 Å². The van der Waals surface area contributed by atoms with Crippen molar-refractivity contribution in [3.05, 3.63) is 49.1 Å². The molecule has 0 aliphatic heterocycles. The Bertz CT molecular complexity index is 1070. The number of halogens is 3. The molecule has 3 aromatic rings. The van der Waals surface area contributed by atoms with Crippen molar-refractivity contribution in [2.45, 2.75) is 13.5 Å². The summed E-state index contributed by atoms with van der Waals surface area (Å²) in [5.41, 5.74) is 0.749. The Morgan fingerprint density at radius 1 is 1.27 bits per heavy atom. The minimum Gasteiger partial charge on any atom is -0.465 e. The molecule has 0 aliphatic carbocycles. The van der Waals surface area contributed by atoms with Gasteiger partial charge in [-0.1, -0.05) is 34.5 Å². The Kier molecular flexibility index (Phi) is 5.76. The fourth-order valence-electron chi connectivity index (χ4n) is 2.25. The van der Waals surface area contributed by atoms with Gasteiger partial charge in [0.05, 0.1) is 26.7 Å². The molecule has 0 radical (unpaired) electrons. The molecule has 2 heterocycles. The standard InChI is InChI=1S/C16H11Cl2FN2O3S2/c1-2-24-13(22)7-21-10-4-3-8(19)5-11(10)25-16(21)20-15(23)9-6-12(17)26-14(9)18/h3-6H,2,7H2,1H3. The Morgan fingerprint density at radius 3 is 2.69 bits per heavy atom. The molecule has 5 nitrogen and oxygen atoms in total. The van der Waals surface area contributed by atoms with Crippen molar-refractivity contribution < 1.29 is 18.7 Å². The first-order valence-electron chi connectivity index (χ1n) is 7.37. The molecule has 1 aromatic carbocycles. The Morgan fingerprint density at radius 2 is 2.04 bits per heavy atom. The summed E-state index contributed by atoms with van der Waals surface area (Å²) in [6.07, 6.45) is 0. The number of thiazole rings is 1. The molecule has 0 unspecified atom stereocenters. The molecule has 3 rings (SSSR count). The minimum atomic E-state index is -0.595. The first-order chi connectivity index (χ1) is 12.4. The van der Waals surface area contributed by atoms with Crippen LogP contribution in [0.15, 0.2) is 29.3 Å². The number of benzene rings is 1. The number of thiophene rings is 1. The molecule has 0 aliphatic rings. The average Bonchev–Trinajstić information content (AvgIpc) is 3.07. The molecule has 0 spiro atoms. The second-order valence-corrected chi connectivity index (χ2v) is 8.34. The van der Waals surface area contributed by atoms with Crippen LogP contribution in [0.5, 0.6) is 0 Å². The SMILES string of the molecule is CCOC(=O)Cn1c(=NC(=O)c2cc(Cl)sc2Cl)sc2cc(F)ccc21. The van der Waals surface area contributed by atoms with Crippen LogP contribution in [0.4, 0.5) is 4.39 Å². The normalized spacial score (nSPS) is 11.9. The average molecular weight is 433 g/mol. The molecule has 10 heteroatoms. The highest BCUT2D eigenvalue weighted by atomic mass is 35.5. The number of ether oxygens (including phenoxy) is 1. The molecule has 1 amide bonds. The van der Waals surface area contributed by atoms with E-state index in [2.05, 4.69) is 4.99 Å². The van der Waals surface area contributed by atoms with Gasteiger partial charge in [-0.2, -0.15) is 4.99 Å². The van der Waals surface area contributed by atoms with Gasteiger partial charge in [0.1, 0.15) is 16.7 Å². The van der Waals surface area contributed by atoms with Gasteiger partial charge in [0.15, 0.2) is 4.80 Å². The maximum atomic E-state index is 13.5. The summed E-state index contributed by atoms with van der Waals surface area (Å²) in [6, 6.07) is 5.55. The predicted molar refractivity (Wildman–Crippen MR) is 101 cm³/mol. The monoisotopic (exact) mass is 432 g/mol. The maximum Gasteiger partial charge on any atom is 0.326 e. The van der Waals surface area contributed by atoms with E-state index in [-0.39, 0.29) is 27.9 Å². The van der Waals surface area contributed by atoms with E-state index in [9.17, 15) is 14.0 Å². The summed E-state index contributed by atoms with van der Waals surface area (Å²) in [5.74, 6) is -1.50. The van der Waals surface area contributed by atoms with Crippen LogP contribution in [0, 0.1) is 5.82 Å². The van der Waals surface area contributed by atoms with Crippen molar-refractivity contribution >= 4 is 68.0 Å². The summed E-state index contributed by atoms with van der Waals surface area (Å²) >= 11 is 14.0. The quantitative estimate of drug-likeness (QED) is 0.569. The third-order valence-corrected chi connectivity index (χ3v) is 5.85. The number of hydrogen-bond donors (Lipinski definition) is 0. The van der Waals surface area contributed by atoms with Gasteiger partial charge in [-0.3, -0.25) is 9.59 Å². The van der Waals surface area contributed by atoms with E-state index in [1.54, 1.807) is 6.92 Å². The zero-order chi connectivity index (χ0) is 18.8. The molecule has 0 atom stereocenters. The summed E-state index contributed by atoms with van der Waals surface area (Å²) in [5, 5.41) is 0. The van der Waals surface area contributed by atoms with Crippen LogP contribution < -0.4 is 4.80 Å². The second kappa shape index (κ2) is 7.87. The molecule has 0 N–H and O–H groups in total. The molecule has 0 bridgehead atoms. The summed E-state index contributed by atoms with van der Waals surface area (Å²) in [4.78, 5) is 28.7. The highest BCUT2D eigenvalue weighted by Gasteiger charge is 2.16. The Hall–Kier alpha value is -1.74. The van der Waals surface area contributed by atoms with Gasteiger partial charge in [0, 0.05) is 0 Å². The first kappa shape index (κ1) is 19.0. The molecule has 2 aromatic heterocycles. The van der Waals surface area contributed by atoms with E-state index in [4.69, 9.17) is 27.9 Å². The first-order valence-corrected chi connectivity index (χ1v) is 9.76. The number of carbonyl (C=O) groups is 2. The zero-order valence-corrected chi connectivity index (χ0v) is 16.4. The number of carbonyl (C=O) groups excluding carboxylic acids is 2. The Labute approximate surface area is 165 Å².